The van der Waals surface area contributed by atoms with Gasteiger partial charge in [-0.2, -0.15) is 0 Å². The normalized spacial score (nSPS) is 31.6. The number of esters is 4. The van der Waals surface area contributed by atoms with E-state index in [1.165, 1.54) is 20.8 Å². The molecule has 3 aliphatic carbocycles. The maximum Gasteiger partial charge on any atom is 0.338 e. The number of hydrogen-bond donors (Lipinski definition) is 0. The van der Waals surface area contributed by atoms with Crippen LogP contribution in [0.15, 0.2) is 53.6 Å². The maximum absolute atomic E-state index is 14.5. The van der Waals surface area contributed by atoms with Crippen LogP contribution in [0.1, 0.15) is 71.7 Å². The van der Waals surface area contributed by atoms with E-state index in [4.69, 9.17) is 18.9 Å². The molecule has 0 spiro atoms. The smallest absolute Gasteiger partial charge is 0.338 e. The quantitative estimate of drug-likeness (QED) is 0.266. The molecule has 0 radical (unpaired) electrons. The van der Waals surface area contributed by atoms with Crippen LogP contribution in [-0.2, 0) is 38.1 Å². The predicted molar refractivity (Wildman–Crippen MR) is 152 cm³/mol. The van der Waals surface area contributed by atoms with Gasteiger partial charge in [0.25, 0.3) is 0 Å². The van der Waals surface area contributed by atoms with Crippen molar-refractivity contribution < 1.29 is 42.9 Å². The Balaban J connectivity index is 1.94. The first kappa shape index (κ1) is 31.2. The molecule has 2 fully saturated rings. The van der Waals surface area contributed by atoms with Gasteiger partial charge in [0.2, 0.25) is 5.78 Å². The fourth-order valence-electron chi connectivity index (χ4n) is 6.90. The first-order valence-electron chi connectivity index (χ1n) is 14.4. The van der Waals surface area contributed by atoms with Gasteiger partial charge in [0, 0.05) is 32.8 Å². The van der Waals surface area contributed by atoms with Crippen molar-refractivity contribution in [1.82, 2.24) is 0 Å². The van der Waals surface area contributed by atoms with Crippen LogP contribution in [0.2, 0.25) is 0 Å². The van der Waals surface area contributed by atoms with Gasteiger partial charge >= 0.3 is 23.9 Å². The molecule has 7 atom stereocenters. The van der Waals surface area contributed by atoms with Crippen molar-refractivity contribution in [1.29, 1.82) is 0 Å². The molecule has 1 aromatic carbocycles. The number of Topliss-reactive ketones (excluding diaryl/α,β-unsaturated/α-hetero) is 1. The molecule has 0 aromatic heterocycles. The third-order valence-electron chi connectivity index (χ3n) is 9.03. The molecule has 0 aliphatic heterocycles. The molecule has 0 amide bonds. The number of rotatable bonds is 6. The van der Waals surface area contributed by atoms with Crippen molar-refractivity contribution in [3.8, 4) is 0 Å². The minimum Gasteiger partial charge on any atom is -0.461 e. The molecule has 0 saturated heterocycles. The van der Waals surface area contributed by atoms with Crippen LogP contribution >= 0.6 is 0 Å². The number of fused-ring (bicyclic) bond motifs is 2. The molecule has 2 saturated carbocycles. The van der Waals surface area contributed by atoms with E-state index in [1.54, 1.807) is 44.2 Å². The second-order valence-electron chi connectivity index (χ2n) is 12.4. The van der Waals surface area contributed by atoms with Gasteiger partial charge in [0.1, 0.15) is 18.8 Å². The summed E-state index contributed by atoms with van der Waals surface area (Å²) in [5.41, 5.74) is -0.761. The Labute approximate surface area is 246 Å². The highest BCUT2D eigenvalue weighted by Crippen LogP contribution is 2.62. The van der Waals surface area contributed by atoms with Crippen LogP contribution in [0.3, 0.4) is 0 Å². The van der Waals surface area contributed by atoms with Crippen molar-refractivity contribution >= 4 is 29.7 Å². The molecule has 0 bridgehead atoms. The van der Waals surface area contributed by atoms with Gasteiger partial charge in [-0.3, -0.25) is 19.2 Å². The Morgan fingerprint density at radius 1 is 0.952 bits per heavy atom. The Kier molecular flexibility index (Phi) is 8.81. The largest absolute Gasteiger partial charge is 0.461 e. The van der Waals surface area contributed by atoms with E-state index < -0.39 is 59.3 Å². The highest BCUT2D eigenvalue weighted by atomic mass is 16.6. The Morgan fingerprint density at radius 2 is 1.62 bits per heavy atom. The Bertz CT molecular complexity index is 1320. The summed E-state index contributed by atoms with van der Waals surface area (Å²) in [4.78, 5) is 65.1. The highest BCUT2D eigenvalue weighted by molar-refractivity contribution is 6.03. The third-order valence-corrected chi connectivity index (χ3v) is 9.03. The zero-order chi connectivity index (χ0) is 31.0. The fourth-order valence-corrected chi connectivity index (χ4v) is 6.90. The second kappa shape index (κ2) is 11.9. The summed E-state index contributed by atoms with van der Waals surface area (Å²) in [5.74, 6) is -4.28. The molecule has 9 nitrogen and oxygen atoms in total. The van der Waals surface area contributed by atoms with E-state index in [0.29, 0.717) is 23.1 Å². The van der Waals surface area contributed by atoms with Gasteiger partial charge in [-0.25, -0.2) is 4.79 Å². The molecule has 3 aliphatic rings. The lowest BCUT2D eigenvalue weighted by Crippen LogP contribution is -2.55. The summed E-state index contributed by atoms with van der Waals surface area (Å²) in [5, 5.41) is 0. The monoisotopic (exact) mass is 580 g/mol. The number of hydrogen-bond acceptors (Lipinski definition) is 9. The van der Waals surface area contributed by atoms with E-state index in [9.17, 15) is 24.0 Å². The van der Waals surface area contributed by atoms with E-state index >= 15 is 0 Å². The lowest BCUT2D eigenvalue weighted by Gasteiger charge is -2.40. The zero-order valence-corrected chi connectivity index (χ0v) is 25.3. The fraction of sp³-hybridized carbons (Fsp3) is 0.545. The summed E-state index contributed by atoms with van der Waals surface area (Å²) in [6.45, 7) is 11.3. The first-order chi connectivity index (χ1) is 19.7. The van der Waals surface area contributed by atoms with Crippen molar-refractivity contribution in [2.24, 2.45) is 29.1 Å². The van der Waals surface area contributed by atoms with Crippen LogP contribution in [0.5, 0.6) is 0 Å². The number of benzene rings is 1. The first-order valence-corrected chi connectivity index (χ1v) is 14.4. The van der Waals surface area contributed by atoms with Crippen LogP contribution in [0, 0.1) is 29.1 Å². The van der Waals surface area contributed by atoms with E-state index in [-0.39, 0.29) is 30.3 Å². The van der Waals surface area contributed by atoms with Crippen molar-refractivity contribution in [3.05, 3.63) is 59.2 Å². The number of ether oxygens (including phenoxy) is 4. The summed E-state index contributed by atoms with van der Waals surface area (Å²) < 4.78 is 23.4. The number of carbonyl (C=O) groups is 5. The number of ketones is 1. The maximum atomic E-state index is 14.5. The van der Waals surface area contributed by atoms with Crippen LogP contribution in [0.4, 0.5) is 0 Å². The minimum atomic E-state index is -1.82. The summed E-state index contributed by atoms with van der Waals surface area (Å²) in [7, 11) is 0. The van der Waals surface area contributed by atoms with Crippen molar-refractivity contribution in [2.45, 2.75) is 79.1 Å². The average molecular weight is 581 g/mol. The van der Waals surface area contributed by atoms with E-state index in [2.05, 4.69) is 13.8 Å². The molecule has 1 aromatic rings. The number of allylic oxidation sites excluding steroid dienone is 2. The van der Waals surface area contributed by atoms with Gasteiger partial charge < -0.3 is 18.9 Å². The topological polar surface area (TPSA) is 122 Å². The molecular formula is C33H40O9. The summed E-state index contributed by atoms with van der Waals surface area (Å²) in [6, 6.07) is 8.40. The Morgan fingerprint density at radius 3 is 2.21 bits per heavy atom. The van der Waals surface area contributed by atoms with Gasteiger partial charge in [0.05, 0.1) is 11.5 Å². The third kappa shape index (κ3) is 6.05. The summed E-state index contributed by atoms with van der Waals surface area (Å²) >= 11 is 0. The van der Waals surface area contributed by atoms with E-state index in [0.717, 1.165) is 0 Å². The molecular weight excluding hydrogens is 540 g/mol. The van der Waals surface area contributed by atoms with Gasteiger partial charge in [0.15, 0.2) is 5.60 Å². The molecule has 9 heteroatoms. The van der Waals surface area contributed by atoms with Crippen LogP contribution < -0.4 is 0 Å². The van der Waals surface area contributed by atoms with Gasteiger partial charge in [-0.15, -0.1) is 0 Å². The molecule has 4 rings (SSSR count). The van der Waals surface area contributed by atoms with Gasteiger partial charge in [-0.05, 0) is 54.2 Å². The lowest BCUT2D eigenvalue weighted by atomic mass is 9.76. The highest BCUT2D eigenvalue weighted by Gasteiger charge is 2.65. The standard InChI is InChI=1S/C33H40O9/c1-18-15-26-25(32(26,6)7)14-13-24(17-39-20(3)34)29(40-21(4)35)27-28(41-31(38)23-11-9-8-10-12-23)19(2)16-33(27,30(18)37)42-22(5)36/h8-13,15,19,25-29H,14,16-17H2,1-7H3/t19-,25-,26+,27+,28-,29+,33+/m0/s1. The van der Waals surface area contributed by atoms with Crippen molar-refractivity contribution in [3.63, 3.8) is 0 Å². The van der Waals surface area contributed by atoms with Crippen LogP contribution in [-0.4, -0.2) is 54.1 Å². The van der Waals surface area contributed by atoms with Gasteiger partial charge in [-0.1, -0.05) is 51.1 Å². The summed E-state index contributed by atoms with van der Waals surface area (Å²) in [6.07, 6.45) is 2.24. The molecule has 0 N–H and O–H groups in total. The lowest BCUT2D eigenvalue weighted by molar-refractivity contribution is -0.179. The molecule has 42 heavy (non-hydrogen) atoms. The second-order valence-corrected chi connectivity index (χ2v) is 12.4. The average Bonchev–Trinajstić information content (AvgIpc) is 3.30. The SMILES string of the molecule is CC(=O)OCC1=CC[C@H]2[C@@H](C=C(C)C(=O)[C@@]3(OC(C)=O)C[C@H](C)[C@H](OC(=O)c4ccccc4)[C@@H]3[C@@H]1OC(C)=O)C2(C)C. The van der Waals surface area contributed by atoms with Crippen LogP contribution in [0.25, 0.3) is 0 Å². The van der Waals surface area contributed by atoms with E-state index in [1.807, 2.05) is 12.2 Å². The Hall–Kier alpha value is -3.75. The molecule has 0 unspecified atom stereocenters. The molecule has 0 heterocycles. The zero-order valence-electron chi connectivity index (χ0n) is 25.3. The van der Waals surface area contributed by atoms with Crippen molar-refractivity contribution in [2.75, 3.05) is 6.61 Å². The number of carbonyl (C=O) groups excluding carboxylic acids is 5. The predicted octanol–water partition coefficient (Wildman–Crippen LogP) is 4.78. The molecule has 226 valence electrons. The minimum absolute atomic E-state index is 0.0318.